The van der Waals surface area contributed by atoms with E-state index in [0.717, 1.165) is 41.3 Å². The molecule has 0 saturated carbocycles. The first-order valence-electron chi connectivity index (χ1n) is 13.7. The minimum Gasteiger partial charge on any atom is -0.444 e. The number of unbranched alkanes of at least 4 members (excludes halogenated alkanes) is 1. The van der Waals surface area contributed by atoms with Crippen LogP contribution in [0.4, 0.5) is 23.7 Å². The minimum absolute atomic E-state index is 0.120. The summed E-state index contributed by atoms with van der Waals surface area (Å²) < 4.78 is 49.0. The van der Waals surface area contributed by atoms with E-state index in [4.69, 9.17) is 16.3 Å². The molecule has 43 heavy (non-hydrogen) atoms. The van der Waals surface area contributed by atoms with Crippen LogP contribution in [0.1, 0.15) is 39.2 Å². The van der Waals surface area contributed by atoms with Crippen LogP contribution in [0.5, 0.6) is 5.75 Å². The molecule has 0 spiro atoms. The molecule has 4 rings (SSSR count). The monoisotopic (exact) mass is 622 g/mol. The van der Waals surface area contributed by atoms with Gasteiger partial charge in [0.25, 0.3) is 0 Å². The number of carbonyl (C=O) groups excluding carboxylic acids is 1. The summed E-state index contributed by atoms with van der Waals surface area (Å²) in [6, 6.07) is 7.92. The summed E-state index contributed by atoms with van der Waals surface area (Å²) in [6.07, 6.45) is 1.13. The molecule has 2 aromatic carbocycles. The first kappa shape index (κ1) is 31.9. The topological polar surface area (TPSA) is 122 Å². The third-order valence-electron chi connectivity index (χ3n) is 6.16. The number of hydrogen-bond donors (Lipinski definition) is 3. The summed E-state index contributed by atoms with van der Waals surface area (Å²) in [5.74, 6) is -0.500. The minimum atomic E-state index is -4.85. The molecule has 0 saturated heterocycles. The molecule has 0 bridgehead atoms. The predicted molar refractivity (Wildman–Crippen MR) is 156 cm³/mol. The molecule has 4 aromatic rings. The second-order valence-corrected chi connectivity index (χ2v) is 11.2. The maximum absolute atomic E-state index is 12.9. The van der Waals surface area contributed by atoms with Gasteiger partial charge in [-0.15, -0.1) is 23.4 Å². The van der Waals surface area contributed by atoms with Crippen LogP contribution in [0.2, 0.25) is 5.02 Å². The maximum atomic E-state index is 12.9. The van der Waals surface area contributed by atoms with Gasteiger partial charge in [-0.2, -0.15) is 5.10 Å². The molecular formula is C28H34ClF3N8O3. The van der Waals surface area contributed by atoms with Gasteiger partial charge in [0.1, 0.15) is 24.0 Å². The van der Waals surface area contributed by atoms with Crippen LogP contribution in [0.15, 0.2) is 49.2 Å². The number of nitrogens with one attached hydrogen (secondary N) is 3. The predicted octanol–water partition coefficient (Wildman–Crippen LogP) is 5.91. The number of benzene rings is 2. The summed E-state index contributed by atoms with van der Waals surface area (Å²) >= 11 is 6.00. The third-order valence-corrected chi connectivity index (χ3v) is 6.45. The lowest BCUT2D eigenvalue weighted by atomic mass is 10.2. The highest BCUT2D eigenvalue weighted by atomic mass is 35.5. The van der Waals surface area contributed by atoms with Crippen LogP contribution in [-0.2, 0) is 11.3 Å². The lowest BCUT2D eigenvalue weighted by Crippen LogP contribution is -2.37. The molecule has 0 aliphatic carbocycles. The van der Waals surface area contributed by atoms with Crippen LogP contribution in [0.3, 0.4) is 0 Å². The number of aromatic nitrogens is 5. The first-order chi connectivity index (χ1) is 20.4. The third kappa shape index (κ3) is 9.75. The van der Waals surface area contributed by atoms with Crippen molar-refractivity contribution in [2.24, 2.45) is 0 Å². The number of anilines is 1. The highest BCUT2D eigenvalue weighted by Gasteiger charge is 2.32. The fourth-order valence-corrected chi connectivity index (χ4v) is 4.50. The maximum Gasteiger partial charge on any atom is 0.573 e. The Balaban J connectivity index is 1.25. The van der Waals surface area contributed by atoms with Crippen molar-refractivity contribution in [1.82, 2.24) is 35.2 Å². The van der Waals surface area contributed by atoms with E-state index < -0.39 is 23.8 Å². The lowest BCUT2D eigenvalue weighted by molar-refractivity contribution is -0.274. The van der Waals surface area contributed by atoms with E-state index in [1.807, 2.05) is 16.7 Å². The van der Waals surface area contributed by atoms with Crippen LogP contribution < -0.4 is 15.4 Å². The molecule has 15 heteroatoms. The Bertz CT molecular complexity index is 1490. The molecule has 2 heterocycles. The highest BCUT2D eigenvalue weighted by molar-refractivity contribution is 6.32. The highest BCUT2D eigenvalue weighted by Crippen LogP contribution is 2.31. The number of H-pyrrole nitrogens is 1. The van der Waals surface area contributed by atoms with Crippen molar-refractivity contribution >= 4 is 34.3 Å². The molecule has 0 aliphatic rings. The molecule has 0 atom stereocenters. The van der Waals surface area contributed by atoms with Crippen molar-refractivity contribution in [3.05, 3.63) is 59.8 Å². The molecule has 3 N–H and O–H groups in total. The van der Waals surface area contributed by atoms with Crippen molar-refractivity contribution in [2.45, 2.75) is 52.1 Å². The second kappa shape index (κ2) is 14.0. The molecule has 0 aliphatic heterocycles. The van der Waals surface area contributed by atoms with Gasteiger partial charge in [-0.05, 0) is 70.0 Å². The quantitative estimate of drug-likeness (QED) is 0.157. The van der Waals surface area contributed by atoms with Gasteiger partial charge < -0.3 is 25.0 Å². The van der Waals surface area contributed by atoms with E-state index in [2.05, 4.69) is 35.8 Å². The van der Waals surface area contributed by atoms with Crippen molar-refractivity contribution in [3.63, 3.8) is 0 Å². The standard InChI is InChI=1S/C28H34ClF3N8O3/c1-27(2,3)43-26(41)39(16-19-6-7-25(22(29)12-19)42-28(30,31)32)11-5-4-8-33-9-10-34-23-13-20(40-17-36-37-18-40)14-24-21(23)15-35-38-24/h6-7,12-15,17-18,33-34H,4-5,8-11,16H2,1-3H3,(H,35,38). The lowest BCUT2D eigenvalue weighted by Gasteiger charge is -2.27. The molecule has 11 nitrogen and oxygen atoms in total. The van der Waals surface area contributed by atoms with Gasteiger partial charge in [0.05, 0.1) is 22.4 Å². The van der Waals surface area contributed by atoms with Crippen molar-refractivity contribution in [3.8, 4) is 11.4 Å². The number of fused-ring (bicyclic) bond motifs is 1. The van der Waals surface area contributed by atoms with E-state index >= 15 is 0 Å². The van der Waals surface area contributed by atoms with Crippen molar-refractivity contribution in [2.75, 3.05) is 31.5 Å². The van der Waals surface area contributed by atoms with Crippen LogP contribution in [0, 0.1) is 0 Å². The van der Waals surface area contributed by atoms with Gasteiger partial charge in [-0.25, -0.2) is 4.79 Å². The van der Waals surface area contributed by atoms with E-state index in [9.17, 15) is 18.0 Å². The normalized spacial score (nSPS) is 12.0. The van der Waals surface area contributed by atoms with Crippen LogP contribution >= 0.6 is 11.6 Å². The average molecular weight is 623 g/mol. The van der Waals surface area contributed by atoms with Crippen LogP contribution in [0.25, 0.3) is 16.6 Å². The van der Waals surface area contributed by atoms with Gasteiger partial charge in [-0.1, -0.05) is 17.7 Å². The zero-order valence-corrected chi connectivity index (χ0v) is 24.8. The zero-order valence-electron chi connectivity index (χ0n) is 24.0. The van der Waals surface area contributed by atoms with Gasteiger partial charge >= 0.3 is 12.5 Å². The molecule has 0 fully saturated rings. The summed E-state index contributed by atoms with van der Waals surface area (Å²) in [7, 11) is 0. The first-order valence-corrected chi connectivity index (χ1v) is 14.0. The largest absolute Gasteiger partial charge is 0.573 e. The number of halogens is 4. The Labute approximate surface area is 251 Å². The smallest absolute Gasteiger partial charge is 0.444 e. The number of ether oxygens (including phenoxy) is 2. The molecule has 1 amide bonds. The molecule has 232 valence electrons. The van der Waals surface area contributed by atoms with E-state index in [-0.39, 0.29) is 11.6 Å². The second-order valence-electron chi connectivity index (χ2n) is 10.8. The SMILES string of the molecule is CC(C)(C)OC(=O)N(CCCCNCCNc1cc(-n2cnnc2)cc2[nH]ncc12)Cc1ccc(OC(F)(F)F)c(Cl)c1. The number of rotatable bonds is 13. The number of hydrogen-bond acceptors (Lipinski definition) is 8. The fourth-order valence-electron chi connectivity index (χ4n) is 4.26. The van der Waals surface area contributed by atoms with Gasteiger partial charge in [-0.3, -0.25) is 9.67 Å². The zero-order chi connectivity index (χ0) is 31.0. The summed E-state index contributed by atoms with van der Waals surface area (Å²) in [6.45, 7) is 7.91. The Morgan fingerprint density at radius 1 is 1.07 bits per heavy atom. The van der Waals surface area contributed by atoms with Gasteiger partial charge in [0.2, 0.25) is 0 Å². The molecule has 0 unspecified atom stereocenters. The van der Waals surface area contributed by atoms with Crippen molar-refractivity contribution < 1.29 is 27.4 Å². The number of aromatic amines is 1. The van der Waals surface area contributed by atoms with Crippen LogP contribution in [-0.4, -0.2) is 74.1 Å². The number of nitrogens with zero attached hydrogens (tertiary/aromatic N) is 5. The summed E-state index contributed by atoms with van der Waals surface area (Å²) in [4.78, 5) is 14.4. The van der Waals surface area contributed by atoms with Gasteiger partial charge in [0.15, 0.2) is 0 Å². The molecule has 0 radical (unpaired) electrons. The molecule has 2 aromatic heterocycles. The summed E-state index contributed by atoms with van der Waals surface area (Å²) in [5.41, 5.74) is 2.57. The Morgan fingerprint density at radius 3 is 2.53 bits per heavy atom. The Morgan fingerprint density at radius 2 is 1.84 bits per heavy atom. The summed E-state index contributed by atoms with van der Waals surface area (Å²) in [5, 5.41) is 22.5. The number of amides is 1. The molecular weight excluding hydrogens is 589 g/mol. The van der Waals surface area contributed by atoms with Crippen molar-refractivity contribution in [1.29, 1.82) is 0 Å². The van der Waals surface area contributed by atoms with Gasteiger partial charge in [0, 0.05) is 37.3 Å². The number of carbonyl (C=O) groups is 1. The Hall–Kier alpha value is -4.04. The average Bonchev–Trinajstić information content (AvgIpc) is 3.62. The fraction of sp³-hybridized carbons (Fsp3) is 0.429. The van der Waals surface area contributed by atoms with E-state index in [0.29, 0.717) is 31.6 Å². The van der Waals surface area contributed by atoms with E-state index in [1.54, 1.807) is 39.6 Å². The number of alkyl halides is 3. The Kier molecular flexibility index (Phi) is 10.3. The van der Waals surface area contributed by atoms with E-state index in [1.165, 1.54) is 17.0 Å².